The highest BCUT2D eigenvalue weighted by molar-refractivity contribution is 7.98. The molecule has 2 N–H and O–H groups in total. The molecule has 1 aromatic carbocycles. The van der Waals surface area contributed by atoms with Gasteiger partial charge < -0.3 is 10.6 Å². The molecule has 6 nitrogen and oxygen atoms in total. The van der Waals surface area contributed by atoms with Gasteiger partial charge in [0.05, 0.1) is 5.69 Å². The number of carbonyl (C=O) groups is 2. The molecular formula is C20H28N4O2S. The van der Waals surface area contributed by atoms with Crippen LogP contribution in [-0.4, -0.2) is 46.2 Å². The molecule has 1 heterocycles. The quantitative estimate of drug-likeness (QED) is 0.614. The number of nitrogens with one attached hydrogen (secondary N) is 2. The first-order chi connectivity index (χ1) is 13.0. The van der Waals surface area contributed by atoms with Crippen molar-refractivity contribution in [2.24, 2.45) is 0 Å². The van der Waals surface area contributed by atoms with Crippen molar-refractivity contribution in [1.29, 1.82) is 0 Å². The molecule has 2 amide bonds. The van der Waals surface area contributed by atoms with E-state index in [-0.39, 0.29) is 11.8 Å². The van der Waals surface area contributed by atoms with Gasteiger partial charge in [-0.2, -0.15) is 16.9 Å². The Morgan fingerprint density at radius 1 is 1.22 bits per heavy atom. The summed E-state index contributed by atoms with van der Waals surface area (Å²) in [7, 11) is 0. The Labute approximate surface area is 165 Å². The molecule has 0 aliphatic rings. The third-order valence-electron chi connectivity index (χ3n) is 4.22. The standard InChI is InChI=1S/C20H28N4O2S/c1-15-14-16(2)24(23-15)12-7-11-21-20(26)18(10-13-27-3)22-19(25)17-8-5-4-6-9-17/h4-6,8-9,14,18H,7,10-13H2,1-3H3,(H,21,26)(H,22,25)/t18-/m1/s1. The van der Waals surface area contributed by atoms with Gasteiger partial charge in [-0.1, -0.05) is 18.2 Å². The molecule has 2 aromatic rings. The number of amides is 2. The Balaban J connectivity index is 1.84. The summed E-state index contributed by atoms with van der Waals surface area (Å²) in [6, 6.07) is 10.5. The Hall–Kier alpha value is -2.28. The smallest absolute Gasteiger partial charge is 0.251 e. The summed E-state index contributed by atoms with van der Waals surface area (Å²) in [6.45, 7) is 5.30. The number of nitrogens with zero attached hydrogens (tertiary/aromatic N) is 2. The molecule has 0 aliphatic heterocycles. The van der Waals surface area contributed by atoms with Crippen LogP contribution in [0.3, 0.4) is 0 Å². The molecule has 1 aromatic heterocycles. The van der Waals surface area contributed by atoms with Crippen molar-refractivity contribution in [3.8, 4) is 0 Å². The predicted octanol–water partition coefficient (Wildman–Crippen LogP) is 2.56. The highest BCUT2D eigenvalue weighted by Crippen LogP contribution is 2.05. The number of aryl methyl sites for hydroxylation is 3. The Bertz CT molecular complexity index is 746. The van der Waals surface area contributed by atoms with Gasteiger partial charge in [-0.05, 0) is 56.9 Å². The normalized spacial score (nSPS) is 11.8. The van der Waals surface area contributed by atoms with E-state index in [0.29, 0.717) is 18.5 Å². The van der Waals surface area contributed by atoms with Crippen LogP contribution in [0, 0.1) is 13.8 Å². The number of carbonyl (C=O) groups excluding carboxylic acids is 2. The monoisotopic (exact) mass is 388 g/mol. The first-order valence-electron chi connectivity index (χ1n) is 9.15. The SMILES string of the molecule is CSCC[C@@H](NC(=O)c1ccccc1)C(=O)NCCCn1nc(C)cc1C. The predicted molar refractivity (Wildman–Crippen MR) is 110 cm³/mol. The van der Waals surface area contributed by atoms with Crippen LogP contribution in [0.15, 0.2) is 36.4 Å². The van der Waals surface area contributed by atoms with Crippen molar-refractivity contribution in [3.63, 3.8) is 0 Å². The maximum atomic E-state index is 12.5. The summed E-state index contributed by atoms with van der Waals surface area (Å²) in [6.07, 6.45) is 3.38. The van der Waals surface area contributed by atoms with Gasteiger partial charge in [-0.15, -0.1) is 0 Å². The van der Waals surface area contributed by atoms with E-state index in [4.69, 9.17) is 0 Å². The lowest BCUT2D eigenvalue weighted by atomic mass is 10.1. The van der Waals surface area contributed by atoms with E-state index < -0.39 is 6.04 Å². The second kappa shape index (κ2) is 10.8. The summed E-state index contributed by atoms with van der Waals surface area (Å²) >= 11 is 1.66. The number of hydrogen-bond acceptors (Lipinski definition) is 4. The lowest BCUT2D eigenvalue weighted by molar-refractivity contribution is -0.123. The number of hydrogen-bond donors (Lipinski definition) is 2. The molecule has 2 rings (SSSR count). The van der Waals surface area contributed by atoms with Crippen LogP contribution in [0.4, 0.5) is 0 Å². The zero-order valence-corrected chi connectivity index (χ0v) is 17.0. The molecule has 7 heteroatoms. The van der Waals surface area contributed by atoms with E-state index in [1.807, 2.05) is 49.1 Å². The van der Waals surface area contributed by atoms with E-state index in [1.165, 1.54) is 0 Å². The minimum absolute atomic E-state index is 0.137. The lowest BCUT2D eigenvalue weighted by Crippen LogP contribution is -2.47. The number of thioether (sulfide) groups is 1. The second-order valence-electron chi connectivity index (χ2n) is 6.47. The van der Waals surface area contributed by atoms with Crippen molar-refractivity contribution in [1.82, 2.24) is 20.4 Å². The van der Waals surface area contributed by atoms with Crippen LogP contribution in [0.5, 0.6) is 0 Å². The van der Waals surface area contributed by atoms with Crippen molar-refractivity contribution < 1.29 is 9.59 Å². The first kappa shape index (κ1) is 21.0. The van der Waals surface area contributed by atoms with E-state index >= 15 is 0 Å². The molecule has 0 radical (unpaired) electrons. The van der Waals surface area contributed by atoms with E-state index in [2.05, 4.69) is 15.7 Å². The number of benzene rings is 1. The maximum absolute atomic E-state index is 12.5. The minimum atomic E-state index is -0.529. The second-order valence-corrected chi connectivity index (χ2v) is 7.45. The molecule has 0 saturated heterocycles. The largest absolute Gasteiger partial charge is 0.354 e. The van der Waals surface area contributed by atoms with Gasteiger partial charge in [0.2, 0.25) is 5.91 Å². The van der Waals surface area contributed by atoms with Gasteiger partial charge in [0.1, 0.15) is 6.04 Å². The average molecular weight is 389 g/mol. The third kappa shape index (κ3) is 6.75. The van der Waals surface area contributed by atoms with E-state index in [0.717, 1.165) is 30.1 Å². The highest BCUT2D eigenvalue weighted by atomic mass is 32.2. The summed E-state index contributed by atoms with van der Waals surface area (Å²) in [5.41, 5.74) is 2.67. The van der Waals surface area contributed by atoms with Crippen molar-refractivity contribution >= 4 is 23.6 Å². The van der Waals surface area contributed by atoms with Crippen LogP contribution >= 0.6 is 11.8 Å². The van der Waals surface area contributed by atoms with Crippen LogP contribution in [0.2, 0.25) is 0 Å². The first-order valence-corrected chi connectivity index (χ1v) is 10.5. The van der Waals surface area contributed by atoms with Gasteiger partial charge in [0, 0.05) is 24.3 Å². The summed E-state index contributed by atoms with van der Waals surface area (Å²) < 4.78 is 1.95. The van der Waals surface area contributed by atoms with E-state index in [1.54, 1.807) is 23.9 Å². The molecule has 1 atom stereocenters. The topological polar surface area (TPSA) is 76.0 Å². The van der Waals surface area contributed by atoms with Crippen molar-refractivity contribution in [2.45, 2.75) is 39.3 Å². The zero-order valence-electron chi connectivity index (χ0n) is 16.2. The van der Waals surface area contributed by atoms with Gasteiger partial charge in [0.25, 0.3) is 5.91 Å². The van der Waals surface area contributed by atoms with Gasteiger partial charge >= 0.3 is 0 Å². The van der Waals surface area contributed by atoms with Gasteiger partial charge in [-0.25, -0.2) is 0 Å². The Morgan fingerprint density at radius 2 is 1.96 bits per heavy atom. The Morgan fingerprint density at radius 3 is 2.59 bits per heavy atom. The molecule has 0 bridgehead atoms. The van der Waals surface area contributed by atoms with Crippen molar-refractivity contribution in [3.05, 3.63) is 53.3 Å². The molecule has 0 fully saturated rings. The fraction of sp³-hybridized carbons (Fsp3) is 0.450. The highest BCUT2D eigenvalue weighted by Gasteiger charge is 2.20. The summed E-state index contributed by atoms with van der Waals surface area (Å²) in [4.78, 5) is 24.9. The van der Waals surface area contributed by atoms with Gasteiger partial charge in [0.15, 0.2) is 0 Å². The van der Waals surface area contributed by atoms with Crippen molar-refractivity contribution in [2.75, 3.05) is 18.6 Å². The molecule has 0 saturated carbocycles. The molecule has 27 heavy (non-hydrogen) atoms. The minimum Gasteiger partial charge on any atom is -0.354 e. The molecule has 0 aliphatic carbocycles. The fourth-order valence-electron chi connectivity index (χ4n) is 2.80. The van der Waals surface area contributed by atoms with Gasteiger partial charge in [-0.3, -0.25) is 14.3 Å². The van der Waals surface area contributed by atoms with E-state index in [9.17, 15) is 9.59 Å². The summed E-state index contributed by atoms with van der Waals surface area (Å²) in [5, 5.41) is 10.2. The van der Waals surface area contributed by atoms with Crippen LogP contribution in [0.25, 0.3) is 0 Å². The lowest BCUT2D eigenvalue weighted by Gasteiger charge is -2.18. The zero-order chi connectivity index (χ0) is 19.6. The molecule has 0 unspecified atom stereocenters. The molecule has 0 spiro atoms. The maximum Gasteiger partial charge on any atom is 0.251 e. The average Bonchev–Trinajstić information content (AvgIpc) is 2.99. The number of rotatable bonds is 10. The summed E-state index contributed by atoms with van der Waals surface area (Å²) in [5.74, 6) is 0.444. The van der Waals surface area contributed by atoms with Crippen LogP contribution < -0.4 is 10.6 Å². The van der Waals surface area contributed by atoms with Crippen LogP contribution in [-0.2, 0) is 11.3 Å². The Kier molecular flexibility index (Phi) is 8.39. The van der Waals surface area contributed by atoms with Crippen LogP contribution in [0.1, 0.15) is 34.6 Å². The third-order valence-corrected chi connectivity index (χ3v) is 4.86. The number of aromatic nitrogens is 2. The molecular weight excluding hydrogens is 360 g/mol. The molecule has 146 valence electrons. The fourth-order valence-corrected chi connectivity index (χ4v) is 3.27.